The summed E-state index contributed by atoms with van der Waals surface area (Å²) in [5.41, 5.74) is -0.179. The Bertz CT molecular complexity index is 335. The molecule has 4 heteroatoms. The number of carbonyl (C=O) groups is 1. The van der Waals surface area contributed by atoms with Crippen LogP contribution in [0.5, 0.6) is 0 Å². The van der Waals surface area contributed by atoms with Crippen LogP contribution < -0.4 is 0 Å². The molecule has 0 N–H and O–H groups in total. The number of carbonyl (C=O) groups excluding carboxylic acids is 1. The Hall–Kier alpha value is -1.08. The fraction of sp³-hybridized carbons (Fsp3) is 0.846. The van der Waals surface area contributed by atoms with E-state index in [2.05, 4.69) is 11.0 Å². The molecule has 0 unspecified atom stereocenters. The van der Waals surface area contributed by atoms with E-state index in [0.717, 1.165) is 38.8 Å². The zero-order chi connectivity index (χ0) is 12.5. The van der Waals surface area contributed by atoms with Crippen molar-refractivity contribution in [3.8, 4) is 6.07 Å². The Morgan fingerprint density at radius 3 is 2.53 bits per heavy atom. The van der Waals surface area contributed by atoms with Gasteiger partial charge in [0.1, 0.15) is 0 Å². The summed E-state index contributed by atoms with van der Waals surface area (Å²) in [5.74, 6) is 0.230. The SMILES string of the molecule is CN(C(=O)CN1CCC(C)(C#N)CC1)C1CC1. The van der Waals surface area contributed by atoms with Crippen molar-refractivity contribution < 1.29 is 4.79 Å². The van der Waals surface area contributed by atoms with Crippen molar-refractivity contribution >= 4 is 5.91 Å². The summed E-state index contributed by atoms with van der Waals surface area (Å²) in [6, 6.07) is 2.88. The monoisotopic (exact) mass is 235 g/mol. The largest absolute Gasteiger partial charge is 0.342 e. The van der Waals surface area contributed by atoms with E-state index in [0.29, 0.717) is 12.6 Å². The normalized spacial score (nSPS) is 24.1. The first kappa shape index (κ1) is 12.4. The Morgan fingerprint density at radius 1 is 1.47 bits per heavy atom. The van der Waals surface area contributed by atoms with E-state index in [1.54, 1.807) is 0 Å². The third kappa shape index (κ3) is 2.98. The fourth-order valence-corrected chi connectivity index (χ4v) is 2.28. The minimum atomic E-state index is -0.179. The second-order valence-corrected chi connectivity index (χ2v) is 5.68. The average molecular weight is 235 g/mol. The molecule has 0 aromatic carbocycles. The molecule has 0 radical (unpaired) electrons. The molecular weight excluding hydrogens is 214 g/mol. The number of likely N-dealkylation sites (tertiary alicyclic amines) is 1. The summed E-state index contributed by atoms with van der Waals surface area (Å²) in [6.45, 7) is 4.28. The third-order valence-electron chi connectivity index (χ3n) is 4.08. The highest BCUT2D eigenvalue weighted by Crippen LogP contribution is 2.30. The lowest BCUT2D eigenvalue weighted by Gasteiger charge is -2.35. The second-order valence-electron chi connectivity index (χ2n) is 5.68. The van der Waals surface area contributed by atoms with Crippen molar-refractivity contribution in [2.24, 2.45) is 5.41 Å². The maximum Gasteiger partial charge on any atom is 0.236 e. The summed E-state index contributed by atoms with van der Waals surface area (Å²) in [7, 11) is 1.91. The van der Waals surface area contributed by atoms with Crippen LogP contribution in [0.1, 0.15) is 32.6 Å². The number of nitrogens with zero attached hydrogens (tertiary/aromatic N) is 3. The first-order chi connectivity index (χ1) is 8.04. The summed E-state index contributed by atoms with van der Waals surface area (Å²) < 4.78 is 0. The molecule has 0 aromatic rings. The number of likely N-dealkylation sites (N-methyl/N-ethyl adjacent to an activating group) is 1. The van der Waals surface area contributed by atoms with E-state index in [1.165, 1.54) is 0 Å². The Balaban J connectivity index is 1.78. The number of nitriles is 1. The maximum absolute atomic E-state index is 11.9. The van der Waals surface area contributed by atoms with Crippen molar-refractivity contribution in [3.63, 3.8) is 0 Å². The Morgan fingerprint density at radius 2 is 2.06 bits per heavy atom. The summed E-state index contributed by atoms with van der Waals surface area (Å²) in [6.07, 6.45) is 4.08. The van der Waals surface area contributed by atoms with Gasteiger partial charge in [0, 0.05) is 26.2 Å². The van der Waals surface area contributed by atoms with Crippen molar-refractivity contribution in [1.82, 2.24) is 9.80 Å². The molecule has 1 saturated heterocycles. The number of hydrogen-bond acceptors (Lipinski definition) is 3. The molecule has 94 valence electrons. The molecule has 1 saturated carbocycles. The van der Waals surface area contributed by atoms with Crippen LogP contribution in [0.4, 0.5) is 0 Å². The van der Waals surface area contributed by atoms with Crippen molar-refractivity contribution in [2.45, 2.75) is 38.6 Å². The van der Waals surface area contributed by atoms with Crippen LogP contribution in [-0.2, 0) is 4.79 Å². The second kappa shape index (κ2) is 4.66. The molecular formula is C13H21N3O. The number of amides is 1. The molecule has 0 bridgehead atoms. The summed E-state index contributed by atoms with van der Waals surface area (Å²) in [4.78, 5) is 16.0. The molecule has 0 spiro atoms. The highest BCUT2D eigenvalue weighted by atomic mass is 16.2. The first-order valence-electron chi connectivity index (χ1n) is 6.43. The van der Waals surface area contributed by atoms with Crippen molar-refractivity contribution in [2.75, 3.05) is 26.7 Å². The van der Waals surface area contributed by atoms with Crippen molar-refractivity contribution in [3.05, 3.63) is 0 Å². The molecule has 2 rings (SSSR count). The molecule has 17 heavy (non-hydrogen) atoms. The molecule has 2 fully saturated rings. The minimum Gasteiger partial charge on any atom is -0.342 e. The lowest BCUT2D eigenvalue weighted by Crippen LogP contribution is -2.44. The van der Waals surface area contributed by atoms with Gasteiger partial charge in [-0.25, -0.2) is 0 Å². The van der Waals surface area contributed by atoms with Gasteiger partial charge in [0.05, 0.1) is 18.0 Å². The number of piperidine rings is 1. The number of hydrogen-bond donors (Lipinski definition) is 0. The van der Waals surface area contributed by atoms with Gasteiger partial charge in [-0.15, -0.1) is 0 Å². The molecule has 2 aliphatic rings. The van der Waals surface area contributed by atoms with Crippen LogP contribution >= 0.6 is 0 Å². The van der Waals surface area contributed by atoms with E-state index >= 15 is 0 Å². The lowest BCUT2D eigenvalue weighted by atomic mass is 9.82. The van der Waals surface area contributed by atoms with Gasteiger partial charge in [-0.3, -0.25) is 9.69 Å². The van der Waals surface area contributed by atoms with Crippen LogP contribution in [0, 0.1) is 16.7 Å². The molecule has 0 atom stereocenters. The topological polar surface area (TPSA) is 47.3 Å². The van der Waals surface area contributed by atoms with E-state index in [1.807, 2.05) is 18.9 Å². The first-order valence-corrected chi connectivity index (χ1v) is 6.43. The van der Waals surface area contributed by atoms with E-state index in [-0.39, 0.29) is 11.3 Å². The van der Waals surface area contributed by atoms with Gasteiger partial charge in [-0.05, 0) is 32.6 Å². The third-order valence-corrected chi connectivity index (χ3v) is 4.08. The summed E-state index contributed by atoms with van der Waals surface area (Å²) >= 11 is 0. The molecule has 1 heterocycles. The van der Waals surface area contributed by atoms with Gasteiger partial charge in [0.15, 0.2) is 0 Å². The minimum absolute atomic E-state index is 0.179. The van der Waals surface area contributed by atoms with Crippen LogP contribution in [0.3, 0.4) is 0 Å². The van der Waals surface area contributed by atoms with Crippen LogP contribution in [0.25, 0.3) is 0 Å². The maximum atomic E-state index is 11.9. The molecule has 1 aliphatic carbocycles. The Labute approximate surface area is 103 Å². The number of rotatable bonds is 3. The standard InChI is InChI=1S/C13H21N3O/c1-13(10-14)5-7-16(8-6-13)9-12(17)15(2)11-3-4-11/h11H,3-9H2,1-2H3. The summed E-state index contributed by atoms with van der Waals surface area (Å²) in [5, 5.41) is 9.04. The smallest absolute Gasteiger partial charge is 0.236 e. The average Bonchev–Trinajstić information content (AvgIpc) is 3.15. The molecule has 1 amide bonds. The highest BCUT2D eigenvalue weighted by molar-refractivity contribution is 5.78. The van der Waals surface area contributed by atoms with Gasteiger partial charge in [-0.2, -0.15) is 5.26 Å². The predicted molar refractivity (Wildman–Crippen MR) is 65.2 cm³/mol. The molecule has 0 aromatic heterocycles. The van der Waals surface area contributed by atoms with E-state index in [4.69, 9.17) is 5.26 Å². The van der Waals surface area contributed by atoms with Gasteiger partial charge >= 0.3 is 0 Å². The fourth-order valence-electron chi connectivity index (χ4n) is 2.28. The quantitative estimate of drug-likeness (QED) is 0.739. The van der Waals surface area contributed by atoms with Crippen molar-refractivity contribution in [1.29, 1.82) is 5.26 Å². The van der Waals surface area contributed by atoms with Crippen LogP contribution in [0.15, 0.2) is 0 Å². The zero-order valence-electron chi connectivity index (χ0n) is 10.8. The Kier molecular flexibility index (Phi) is 3.39. The van der Waals surface area contributed by atoms with Gasteiger partial charge in [0.25, 0.3) is 0 Å². The lowest BCUT2D eigenvalue weighted by molar-refractivity contribution is -0.132. The van der Waals surface area contributed by atoms with Gasteiger partial charge in [-0.1, -0.05) is 0 Å². The van der Waals surface area contributed by atoms with Crippen LogP contribution in [-0.4, -0.2) is 48.4 Å². The van der Waals surface area contributed by atoms with E-state index in [9.17, 15) is 4.79 Å². The zero-order valence-corrected chi connectivity index (χ0v) is 10.8. The van der Waals surface area contributed by atoms with Gasteiger partial charge in [0.2, 0.25) is 5.91 Å². The predicted octanol–water partition coefficient (Wildman–Crippen LogP) is 1.23. The molecule has 1 aliphatic heterocycles. The molecule has 4 nitrogen and oxygen atoms in total. The highest BCUT2D eigenvalue weighted by Gasteiger charge is 2.33. The van der Waals surface area contributed by atoms with Crippen LogP contribution in [0.2, 0.25) is 0 Å². The van der Waals surface area contributed by atoms with E-state index < -0.39 is 0 Å². The van der Waals surface area contributed by atoms with Gasteiger partial charge < -0.3 is 4.90 Å².